The third-order valence-corrected chi connectivity index (χ3v) is 4.23. The van der Waals surface area contributed by atoms with Gasteiger partial charge in [-0.2, -0.15) is 0 Å². The summed E-state index contributed by atoms with van der Waals surface area (Å²) in [6.45, 7) is 0. The Bertz CT molecular complexity index is 643. The lowest BCUT2D eigenvalue weighted by molar-refractivity contribution is -0.118. The Balaban J connectivity index is 2.17. The first-order valence-corrected chi connectivity index (χ1v) is 8.57. The van der Waals surface area contributed by atoms with Crippen LogP contribution in [0.4, 0.5) is 0 Å². The van der Waals surface area contributed by atoms with Gasteiger partial charge in [-0.05, 0) is 54.3 Å². The van der Waals surface area contributed by atoms with E-state index in [1.165, 1.54) is 0 Å². The van der Waals surface area contributed by atoms with Crippen molar-refractivity contribution in [3.63, 3.8) is 0 Å². The van der Waals surface area contributed by atoms with Gasteiger partial charge in [-0.1, -0.05) is 47.5 Å². The van der Waals surface area contributed by atoms with Crippen LogP contribution in [0, 0.1) is 5.92 Å². The molecule has 0 saturated heterocycles. The number of halogens is 2. The van der Waals surface area contributed by atoms with Gasteiger partial charge in [-0.25, -0.2) is 0 Å². The normalized spacial score (nSPS) is 11.2. The lowest BCUT2D eigenvalue weighted by Crippen LogP contribution is -2.19. The second kappa shape index (κ2) is 8.91. The molecule has 2 nitrogen and oxygen atoms in total. The molecule has 0 spiro atoms. The van der Waals surface area contributed by atoms with E-state index in [9.17, 15) is 4.79 Å². The van der Waals surface area contributed by atoms with Crippen molar-refractivity contribution in [1.82, 2.24) is 4.90 Å². The number of hydrogen-bond acceptors (Lipinski definition) is 2. The van der Waals surface area contributed by atoms with Gasteiger partial charge >= 0.3 is 0 Å². The maximum atomic E-state index is 12.6. The van der Waals surface area contributed by atoms with E-state index >= 15 is 0 Å². The van der Waals surface area contributed by atoms with E-state index in [2.05, 4.69) is 0 Å². The monoisotopic (exact) mass is 361 g/mol. The van der Waals surface area contributed by atoms with Gasteiger partial charge < -0.3 is 4.90 Å². The van der Waals surface area contributed by atoms with Crippen LogP contribution in [0.2, 0.25) is 10.0 Å². The van der Waals surface area contributed by atoms with Crippen LogP contribution in [-0.2, 0) is 17.6 Å². The molecule has 24 heavy (non-hydrogen) atoms. The van der Waals surface area contributed by atoms with Gasteiger partial charge in [-0.3, -0.25) is 4.79 Å². The lowest BCUT2D eigenvalue weighted by Gasteiger charge is -2.15. The van der Waals surface area contributed by atoms with Gasteiger partial charge in [0, 0.05) is 36.3 Å². The Morgan fingerprint density at radius 2 is 1.33 bits per heavy atom. The molecule has 2 rings (SSSR count). The van der Waals surface area contributed by atoms with E-state index in [0.29, 0.717) is 22.9 Å². The SMILES string of the molecule is CN(C)/C=C/C(=O)C(Cc1ccc(Cl)cc1)Cc1ccc(Cl)cc1. The fourth-order valence-corrected chi connectivity index (χ4v) is 2.69. The molecule has 0 N–H and O–H groups in total. The Morgan fingerprint density at radius 1 is 0.917 bits per heavy atom. The summed E-state index contributed by atoms with van der Waals surface area (Å²) in [5.41, 5.74) is 2.20. The number of hydrogen-bond donors (Lipinski definition) is 0. The van der Waals surface area contributed by atoms with Crippen molar-refractivity contribution in [2.75, 3.05) is 14.1 Å². The average molecular weight is 362 g/mol. The molecule has 0 heterocycles. The molecule has 0 aliphatic heterocycles. The minimum atomic E-state index is -0.122. The van der Waals surface area contributed by atoms with E-state index in [1.807, 2.05) is 67.5 Å². The molecule has 0 saturated carbocycles. The van der Waals surface area contributed by atoms with E-state index < -0.39 is 0 Å². The summed E-state index contributed by atoms with van der Waals surface area (Å²) < 4.78 is 0. The third-order valence-electron chi connectivity index (χ3n) is 3.73. The highest BCUT2D eigenvalue weighted by Crippen LogP contribution is 2.20. The van der Waals surface area contributed by atoms with Crippen LogP contribution in [0.3, 0.4) is 0 Å². The summed E-state index contributed by atoms with van der Waals surface area (Å²) in [7, 11) is 3.80. The molecule has 0 atom stereocenters. The summed E-state index contributed by atoms with van der Waals surface area (Å²) in [5, 5.41) is 1.40. The van der Waals surface area contributed by atoms with Crippen LogP contribution in [0.5, 0.6) is 0 Å². The number of benzene rings is 2. The van der Waals surface area contributed by atoms with Crippen LogP contribution >= 0.6 is 23.2 Å². The highest BCUT2D eigenvalue weighted by atomic mass is 35.5. The summed E-state index contributed by atoms with van der Waals surface area (Å²) in [6, 6.07) is 15.3. The first-order valence-electron chi connectivity index (χ1n) is 7.81. The number of nitrogens with zero attached hydrogens (tertiary/aromatic N) is 1. The second-order valence-corrected chi connectivity index (χ2v) is 6.91. The fraction of sp³-hybridized carbons (Fsp3) is 0.250. The molecule has 126 valence electrons. The molecular formula is C20H21Cl2NO. The lowest BCUT2D eigenvalue weighted by atomic mass is 9.89. The predicted octanol–water partition coefficient (Wildman–Crippen LogP) is 5.04. The van der Waals surface area contributed by atoms with Crippen molar-refractivity contribution in [3.05, 3.63) is 82.0 Å². The average Bonchev–Trinajstić information content (AvgIpc) is 2.56. The van der Waals surface area contributed by atoms with Crippen LogP contribution in [-0.4, -0.2) is 24.8 Å². The summed E-state index contributed by atoms with van der Waals surface area (Å²) in [4.78, 5) is 14.5. The Morgan fingerprint density at radius 3 is 1.71 bits per heavy atom. The van der Waals surface area contributed by atoms with Gasteiger partial charge in [0.05, 0.1) is 0 Å². The highest BCUT2D eigenvalue weighted by molar-refractivity contribution is 6.30. The zero-order valence-electron chi connectivity index (χ0n) is 13.9. The van der Waals surface area contributed by atoms with Crippen molar-refractivity contribution >= 4 is 29.0 Å². The Labute approximate surface area is 153 Å². The van der Waals surface area contributed by atoms with E-state index in [-0.39, 0.29) is 11.7 Å². The van der Waals surface area contributed by atoms with Crippen molar-refractivity contribution in [3.8, 4) is 0 Å². The quantitative estimate of drug-likeness (QED) is 0.643. The van der Waals surface area contributed by atoms with Crippen LogP contribution in [0.25, 0.3) is 0 Å². The molecule has 2 aromatic rings. The van der Waals surface area contributed by atoms with Gasteiger partial charge in [0.2, 0.25) is 0 Å². The molecule has 0 fully saturated rings. The number of allylic oxidation sites excluding steroid dienone is 1. The van der Waals surface area contributed by atoms with Crippen LogP contribution < -0.4 is 0 Å². The van der Waals surface area contributed by atoms with E-state index in [4.69, 9.17) is 23.2 Å². The van der Waals surface area contributed by atoms with Gasteiger partial charge in [-0.15, -0.1) is 0 Å². The zero-order valence-corrected chi connectivity index (χ0v) is 15.4. The van der Waals surface area contributed by atoms with Crippen molar-refractivity contribution in [1.29, 1.82) is 0 Å². The highest BCUT2D eigenvalue weighted by Gasteiger charge is 2.17. The standard InChI is InChI=1S/C20H21Cl2NO/c1-23(2)12-11-20(24)17(13-15-3-7-18(21)8-4-15)14-16-5-9-19(22)10-6-16/h3-12,17H,13-14H2,1-2H3/b12-11+. The number of rotatable bonds is 7. The van der Waals surface area contributed by atoms with E-state index in [1.54, 1.807) is 12.3 Å². The number of ketones is 1. The molecule has 4 heteroatoms. The maximum Gasteiger partial charge on any atom is 0.160 e. The topological polar surface area (TPSA) is 20.3 Å². The Hall–Kier alpha value is -1.77. The van der Waals surface area contributed by atoms with Crippen molar-refractivity contribution in [2.45, 2.75) is 12.8 Å². The fourth-order valence-electron chi connectivity index (χ4n) is 2.44. The second-order valence-electron chi connectivity index (χ2n) is 6.04. The number of carbonyl (C=O) groups is 1. The molecule has 0 amide bonds. The van der Waals surface area contributed by atoms with Gasteiger partial charge in [0.25, 0.3) is 0 Å². The predicted molar refractivity (Wildman–Crippen MR) is 102 cm³/mol. The molecule has 0 aliphatic carbocycles. The summed E-state index contributed by atoms with van der Waals surface area (Å²) >= 11 is 11.9. The van der Waals surface area contributed by atoms with Crippen molar-refractivity contribution in [2.24, 2.45) is 5.92 Å². The first kappa shape index (κ1) is 18.6. The molecule has 0 aliphatic rings. The largest absolute Gasteiger partial charge is 0.383 e. The van der Waals surface area contributed by atoms with Crippen molar-refractivity contribution < 1.29 is 4.79 Å². The molecule has 0 radical (unpaired) electrons. The third kappa shape index (κ3) is 6.03. The summed E-state index contributed by atoms with van der Waals surface area (Å²) in [5.74, 6) is -0.00264. The molecular weight excluding hydrogens is 341 g/mol. The van der Waals surface area contributed by atoms with Crippen LogP contribution in [0.15, 0.2) is 60.8 Å². The molecule has 0 unspecified atom stereocenters. The summed E-state index contributed by atoms with van der Waals surface area (Å²) in [6.07, 6.45) is 4.79. The zero-order chi connectivity index (χ0) is 17.5. The number of carbonyl (C=O) groups excluding carboxylic acids is 1. The minimum Gasteiger partial charge on any atom is -0.383 e. The molecule has 0 aromatic heterocycles. The molecule has 2 aromatic carbocycles. The van der Waals surface area contributed by atoms with Gasteiger partial charge in [0.15, 0.2) is 5.78 Å². The van der Waals surface area contributed by atoms with E-state index in [0.717, 1.165) is 11.1 Å². The molecule has 0 bridgehead atoms. The van der Waals surface area contributed by atoms with Crippen LogP contribution in [0.1, 0.15) is 11.1 Å². The Kier molecular flexibility index (Phi) is 6.89. The first-order chi connectivity index (χ1) is 11.4. The smallest absolute Gasteiger partial charge is 0.160 e. The maximum absolute atomic E-state index is 12.6. The minimum absolute atomic E-state index is 0.119. The van der Waals surface area contributed by atoms with Gasteiger partial charge in [0.1, 0.15) is 0 Å².